The number of hydrogen-bond donors (Lipinski definition) is 1. The number of hydrogen-bond acceptors (Lipinski definition) is 5. The molecule has 0 aliphatic carbocycles. The Labute approximate surface area is 164 Å². The largest absolute Gasteiger partial charge is 0.287 e. The molecule has 3 aromatic rings. The predicted molar refractivity (Wildman–Crippen MR) is 107 cm³/mol. The van der Waals surface area contributed by atoms with Crippen molar-refractivity contribution in [2.45, 2.75) is 38.6 Å². The van der Waals surface area contributed by atoms with Gasteiger partial charge < -0.3 is 0 Å². The molecule has 0 amide bonds. The van der Waals surface area contributed by atoms with E-state index in [9.17, 15) is 13.2 Å². The van der Waals surface area contributed by atoms with Gasteiger partial charge in [-0.3, -0.25) is 9.52 Å². The zero-order valence-electron chi connectivity index (χ0n) is 16.0. The molecule has 0 aliphatic rings. The maximum atomic E-state index is 12.9. The third-order valence-electron chi connectivity index (χ3n) is 4.26. The molecule has 0 fully saturated rings. The third kappa shape index (κ3) is 4.12. The number of anilines is 1. The monoisotopic (exact) mass is 398 g/mol. The summed E-state index contributed by atoms with van der Waals surface area (Å²) in [4.78, 5) is 13.0. The van der Waals surface area contributed by atoms with E-state index >= 15 is 0 Å². The molecular formula is C20H22N4O3S. The fourth-order valence-electron chi connectivity index (χ4n) is 2.68. The summed E-state index contributed by atoms with van der Waals surface area (Å²) in [5, 5.41) is 7.94. The zero-order valence-corrected chi connectivity index (χ0v) is 16.8. The Morgan fingerprint density at radius 2 is 1.57 bits per heavy atom. The number of benzene rings is 2. The van der Waals surface area contributed by atoms with Crippen LogP contribution in [0.3, 0.4) is 0 Å². The molecular weight excluding hydrogens is 376 g/mol. The van der Waals surface area contributed by atoms with Gasteiger partial charge in [-0.1, -0.05) is 59.7 Å². The Morgan fingerprint density at radius 1 is 1.00 bits per heavy atom. The Balaban J connectivity index is 2.01. The van der Waals surface area contributed by atoms with E-state index in [1.54, 1.807) is 24.3 Å². The van der Waals surface area contributed by atoms with Gasteiger partial charge in [-0.05, 0) is 32.4 Å². The van der Waals surface area contributed by atoms with Gasteiger partial charge in [0, 0.05) is 12.1 Å². The maximum absolute atomic E-state index is 12.9. The SMILES string of the molecule is CCCn1nnc(C(=O)c2ccc(C)cc2)c1NS(=O)(=O)c1ccc(C)cc1. The van der Waals surface area contributed by atoms with Crippen molar-refractivity contribution in [3.63, 3.8) is 0 Å². The fourth-order valence-corrected chi connectivity index (χ4v) is 3.75. The predicted octanol–water partition coefficient (Wildman–Crippen LogP) is 3.34. The average molecular weight is 398 g/mol. The second-order valence-corrected chi connectivity index (χ2v) is 8.31. The molecule has 0 aliphatic heterocycles. The molecule has 28 heavy (non-hydrogen) atoms. The van der Waals surface area contributed by atoms with Crippen LogP contribution in [0.25, 0.3) is 0 Å². The van der Waals surface area contributed by atoms with Crippen molar-refractivity contribution in [2.24, 2.45) is 0 Å². The summed E-state index contributed by atoms with van der Waals surface area (Å²) in [6.07, 6.45) is 0.709. The van der Waals surface area contributed by atoms with E-state index < -0.39 is 10.0 Å². The molecule has 1 aromatic heterocycles. The van der Waals surface area contributed by atoms with Gasteiger partial charge in [-0.25, -0.2) is 13.1 Å². The minimum Gasteiger partial charge on any atom is -0.287 e. The lowest BCUT2D eigenvalue weighted by atomic mass is 10.1. The summed E-state index contributed by atoms with van der Waals surface area (Å²) in [6, 6.07) is 13.5. The molecule has 1 N–H and O–H groups in total. The van der Waals surface area contributed by atoms with Crippen molar-refractivity contribution in [3.05, 3.63) is 70.9 Å². The molecule has 0 saturated carbocycles. The number of carbonyl (C=O) groups excluding carboxylic acids is 1. The first-order chi connectivity index (χ1) is 13.3. The molecule has 0 saturated heterocycles. The van der Waals surface area contributed by atoms with Gasteiger partial charge >= 0.3 is 0 Å². The molecule has 0 atom stereocenters. The van der Waals surface area contributed by atoms with E-state index in [2.05, 4.69) is 15.0 Å². The Hall–Kier alpha value is -3.00. The molecule has 0 radical (unpaired) electrons. The summed E-state index contributed by atoms with van der Waals surface area (Å²) in [6.45, 7) is 6.16. The lowest BCUT2D eigenvalue weighted by Crippen LogP contribution is -2.19. The number of sulfonamides is 1. The van der Waals surface area contributed by atoms with E-state index in [0.29, 0.717) is 18.5 Å². The van der Waals surface area contributed by atoms with Crippen molar-refractivity contribution in [1.82, 2.24) is 15.0 Å². The molecule has 146 valence electrons. The van der Waals surface area contributed by atoms with Gasteiger partial charge in [0.05, 0.1) is 4.90 Å². The van der Waals surface area contributed by atoms with Gasteiger partial charge in [0.25, 0.3) is 10.0 Å². The second kappa shape index (κ2) is 7.93. The minimum absolute atomic E-state index is 0.0204. The van der Waals surface area contributed by atoms with Crippen molar-refractivity contribution < 1.29 is 13.2 Å². The van der Waals surface area contributed by atoms with Gasteiger partial charge in [0.2, 0.25) is 5.78 Å². The molecule has 7 nitrogen and oxygen atoms in total. The first-order valence-corrected chi connectivity index (χ1v) is 10.4. The van der Waals surface area contributed by atoms with Gasteiger partial charge in [0.15, 0.2) is 11.5 Å². The summed E-state index contributed by atoms with van der Waals surface area (Å²) >= 11 is 0. The van der Waals surface area contributed by atoms with Crippen molar-refractivity contribution >= 4 is 21.6 Å². The Morgan fingerprint density at radius 3 is 2.14 bits per heavy atom. The standard InChI is InChI=1S/C20H22N4O3S/c1-4-13-24-20(22-28(26,27)17-11-7-15(3)8-12-17)18(21-23-24)19(25)16-9-5-14(2)6-10-16/h5-12,22H,4,13H2,1-3H3. The number of nitrogens with zero attached hydrogens (tertiary/aromatic N) is 3. The van der Waals surface area contributed by atoms with E-state index in [4.69, 9.17) is 0 Å². The number of ketones is 1. The molecule has 0 spiro atoms. The number of nitrogens with one attached hydrogen (secondary N) is 1. The highest BCUT2D eigenvalue weighted by Crippen LogP contribution is 2.22. The van der Waals surface area contributed by atoms with Crippen LogP contribution in [0, 0.1) is 13.8 Å². The zero-order chi connectivity index (χ0) is 20.3. The van der Waals surface area contributed by atoms with Crippen LogP contribution in [0.15, 0.2) is 53.4 Å². The highest BCUT2D eigenvalue weighted by Gasteiger charge is 2.25. The molecule has 8 heteroatoms. The smallest absolute Gasteiger partial charge is 0.263 e. The van der Waals surface area contributed by atoms with Crippen LogP contribution in [0.4, 0.5) is 5.82 Å². The molecule has 2 aromatic carbocycles. The van der Waals surface area contributed by atoms with E-state index in [1.807, 2.05) is 32.9 Å². The van der Waals surface area contributed by atoms with Crippen molar-refractivity contribution in [1.29, 1.82) is 0 Å². The lowest BCUT2D eigenvalue weighted by molar-refractivity contribution is 0.103. The molecule has 1 heterocycles. The van der Waals surface area contributed by atoms with E-state index in [-0.39, 0.29) is 22.2 Å². The van der Waals surface area contributed by atoms with Crippen LogP contribution in [0.5, 0.6) is 0 Å². The number of carbonyl (C=O) groups is 1. The maximum Gasteiger partial charge on any atom is 0.263 e. The summed E-state index contributed by atoms with van der Waals surface area (Å²) in [7, 11) is -3.89. The molecule has 0 unspecified atom stereocenters. The van der Waals surface area contributed by atoms with Gasteiger partial charge in [-0.2, -0.15) is 0 Å². The molecule has 0 bridgehead atoms. The molecule has 3 rings (SSSR count). The van der Waals surface area contributed by atoms with Crippen LogP contribution in [-0.2, 0) is 16.6 Å². The van der Waals surface area contributed by atoms with E-state index in [1.165, 1.54) is 16.8 Å². The third-order valence-corrected chi connectivity index (χ3v) is 5.62. The fraction of sp³-hybridized carbons (Fsp3) is 0.250. The first kappa shape index (κ1) is 19.8. The van der Waals surface area contributed by atoms with Gasteiger partial charge in [-0.15, -0.1) is 5.10 Å². The van der Waals surface area contributed by atoms with Crippen LogP contribution in [0.1, 0.15) is 40.5 Å². The number of rotatable bonds is 7. The first-order valence-electron chi connectivity index (χ1n) is 8.96. The van der Waals surface area contributed by atoms with Crippen LogP contribution in [0.2, 0.25) is 0 Å². The Kier molecular flexibility index (Phi) is 5.60. The topological polar surface area (TPSA) is 93.9 Å². The summed E-state index contributed by atoms with van der Waals surface area (Å²) < 4.78 is 29.6. The van der Waals surface area contributed by atoms with Gasteiger partial charge in [0.1, 0.15) is 0 Å². The normalized spacial score (nSPS) is 11.4. The lowest BCUT2D eigenvalue weighted by Gasteiger charge is -2.11. The summed E-state index contributed by atoms with van der Waals surface area (Å²) in [5.74, 6) is -0.308. The highest BCUT2D eigenvalue weighted by atomic mass is 32.2. The quantitative estimate of drug-likeness (QED) is 0.616. The van der Waals surface area contributed by atoms with Crippen LogP contribution in [-0.4, -0.2) is 29.2 Å². The minimum atomic E-state index is -3.89. The van der Waals surface area contributed by atoms with E-state index in [0.717, 1.165) is 11.1 Å². The average Bonchev–Trinajstić information content (AvgIpc) is 3.04. The Bertz CT molecular complexity index is 1090. The summed E-state index contributed by atoms with van der Waals surface area (Å²) in [5.41, 5.74) is 2.37. The highest BCUT2D eigenvalue weighted by molar-refractivity contribution is 7.92. The second-order valence-electron chi connectivity index (χ2n) is 6.62. The number of aromatic nitrogens is 3. The number of aryl methyl sites for hydroxylation is 3. The van der Waals surface area contributed by atoms with Crippen molar-refractivity contribution in [2.75, 3.05) is 4.72 Å². The van der Waals surface area contributed by atoms with Crippen molar-refractivity contribution in [3.8, 4) is 0 Å². The van der Waals surface area contributed by atoms with Crippen LogP contribution < -0.4 is 4.72 Å². The van der Waals surface area contributed by atoms with Crippen LogP contribution >= 0.6 is 0 Å².